The van der Waals surface area contributed by atoms with E-state index < -0.39 is 0 Å². The van der Waals surface area contributed by atoms with Crippen LogP contribution in [0.25, 0.3) is 0 Å². The van der Waals surface area contributed by atoms with Gasteiger partial charge in [0.2, 0.25) is 0 Å². The van der Waals surface area contributed by atoms with Gasteiger partial charge in [0.05, 0.1) is 0 Å². The van der Waals surface area contributed by atoms with Gasteiger partial charge >= 0.3 is 121 Å². The van der Waals surface area contributed by atoms with Gasteiger partial charge in [-0.3, -0.25) is 0 Å². The zero-order chi connectivity index (χ0) is 12.9. The van der Waals surface area contributed by atoms with E-state index in [1.165, 1.54) is 36.1 Å². The number of para-hydroxylation sites is 1. The van der Waals surface area contributed by atoms with E-state index in [0.717, 1.165) is 4.82 Å². The summed E-state index contributed by atoms with van der Waals surface area (Å²) in [6.07, 6.45) is 2.71. The van der Waals surface area contributed by atoms with E-state index in [1.807, 2.05) is 0 Å². The molecule has 3 rings (SSSR count). The van der Waals surface area contributed by atoms with Gasteiger partial charge in [0.25, 0.3) is 0 Å². The Morgan fingerprint density at radius 3 is 2.32 bits per heavy atom. The fourth-order valence-electron chi connectivity index (χ4n) is 2.60. The van der Waals surface area contributed by atoms with E-state index in [1.54, 1.807) is 0 Å². The summed E-state index contributed by atoms with van der Waals surface area (Å²) < 4.78 is 1.54. The van der Waals surface area contributed by atoms with Crippen molar-refractivity contribution in [2.24, 2.45) is 0 Å². The molecule has 1 aliphatic heterocycles. The molecule has 2 heteroatoms. The van der Waals surface area contributed by atoms with Crippen LogP contribution in [-0.2, 0) is 0 Å². The summed E-state index contributed by atoms with van der Waals surface area (Å²) in [5.74, 6) is 0. The van der Waals surface area contributed by atoms with Crippen molar-refractivity contribution in [3.05, 3.63) is 60.7 Å². The number of benzene rings is 2. The molecule has 0 radical (unpaired) electrons. The summed E-state index contributed by atoms with van der Waals surface area (Å²) in [4.78, 5) is 3.41. The molecule has 1 atom stereocenters. The van der Waals surface area contributed by atoms with Gasteiger partial charge in [-0.05, 0) is 0 Å². The number of hydrogen-bond donors (Lipinski definition) is 0. The van der Waals surface area contributed by atoms with Crippen LogP contribution >= 0.6 is 0 Å². The molecule has 2 aromatic carbocycles. The van der Waals surface area contributed by atoms with Crippen molar-refractivity contribution in [1.82, 2.24) is 0 Å². The van der Waals surface area contributed by atoms with Crippen molar-refractivity contribution < 1.29 is 0 Å². The minimum absolute atomic E-state index is 0.606. The van der Waals surface area contributed by atoms with Gasteiger partial charge < -0.3 is 0 Å². The van der Waals surface area contributed by atoms with E-state index in [9.17, 15) is 0 Å². The Labute approximate surface area is 121 Å². The van der Waals surface area contributed by atoms with Gasteiger partial charge in [-0.1, -0.05) is 0 Å². The summed E-state index contributed by atoms with van der Waals surface area (Å²) in [6, 6.07) is 21.8. The zero-order valence-electron chi connectivity index (χ0n) is 11.0. The molecule has 1 nitrogen and oxygen atoms in total. The minimum atomic E-state index is 0.606. The third-order valence-electron chi connectivity index (χ3n) is 3.55. The van der Waals surface area contributed by atoms with Crippen LogP contribution in [0.2, 0.25) is 4.82 Å². The van der Waals surface area contributed by atoms with E-state index >= 15 is 0 Å². The molecule has 0 bridgehead atoms. The summed E-state index contributed by atoms with van der Waals surface area (Å²) in [5, 5.41) is 0. The Hall–Kier alpha value is -1.24. The van der Waals surface area contributed by atoms with Gasteiger partial charge in [-0.25, -0.2) is 0 Å². The molecule has 1 heterocycles. The first kappa shape index (κ1) is 12.8. The van der Waals surface area contributed by atoms with Gasteiger partial charge in [0.15, 0.2) is 0 Å². The Bertz CT molecular complexity index is 497. The second-order valence-corrected chi connectivity index (χ2v) is 7.86. The Balaban J connectivity index is 1.65. The zero-order valence-corrected chi connectivity index (χ0v) is 12.7. The van der Waals surface area contributed by atoms with Crippen LogP contribution in [-0.4, -0.2) is 28.0 Å². The topological polar surface area (TPSA) is 3.24 Å². The number of hydrogen-bond acceptors (Lipinski definition) is 1. The second kappa shape index (κ2) is 6.27. The van der Waals surface area contributed by atoms with Crippen molar-refractivity contribution in [2.45, 2.75) is 17.7 Å². The van der Waals surface area contributed by atoms with E-state index in [-0.39, 0.29) is 0 Å². The quantitative estimate of drug-likeness (QED) is 0.787. The molecule has 1 aliphatic rings. The number of piperidine rings is 1. The summed E-state index contributed by atoms with van der Waals surface area (Å²) >= 11 is 0.606. The predicted octanol–water partition coefficient (Wildman–Crippen LogP) is 3.11. The van der Waals surface area contributed by atoms with Gasteiger partial charge in [-0.15, -0.1) is 0 Å². The Kier molecular flexibility index (Phi) is 4.22. The first-order valence-electron chi connectivity index (χ1n) is 6.93. The molecular formula is C17H19NSe. The Morgan fingerprint density at radius 2 is 1.58 bits per heavy atom. The standard InChI is InChI=1S/C17H19NSe/c1-3-8-15(9-4-1)18-13-7-12-17(14-18)19-16-10-5-2-6-11-16/h1-6,8-11,17H,7,12-14H2. The third kappa shape index (κ3) is 3.40. The molecule has 2 aromatic rings. The van der Waals surface area contributed by atoms with Gasteiger partial charge in [0.1, 0.15) is 0 Å². The summed E-state index contributed by atoms with van der Waals surface area (Å²) in [6.45, 7) is 2.43. The van der Waals surface area contributed by atoms with Gasteiger partial charge in [0, 0.05) is 0 Å². The van der Waals surface area contributed by atoms with Crippen LogP contribution in [0.15, 0.2) is 60.7 Å². The van der Waals surface area contributed by atoms with Crippen LogP contribution in [0.4, 0.5) is 5.69 Å². The fraction of sp³-hybridized carbons (Fsp3) is 0.294. The van der Waals surface area contributed by atoms with E-state index in [4.69, 9.17) is 0 Å². The molecule has 19 heavy (non-hydrogen) atoms. The second-order valence-electron chi connectivity index (χ2n) is 4.98. The van der Waals surface area contributed by atoms with Crippen molar-refractivity contribution in [1.29, 1.82) is 0 Å². The maximum absolute atomic E-state index is 2.55. The molecule has 1 saturated heterocycles. The maximum atomic E-state index is 2.55. The average molecular weight is 316 g/mol. The van der Waals surface area contributed by atoms with Crippen LogP contribution < -0.4 is 9.36 Å². The first-order chi connectivity index (χ1) is 9.42. The molecule has 0 N–H and O–H groups in total. The van der Waals surface area contributed by atoms with Crippen molar-refractivity contribution >= 4 is 25.1 Å². The third-order valence-corrected chi connectivity index (χ3v) is 6.19. The summed E-state index contributed by atoms with van der Waals surface area (Å²) in [5.41, 5.74) is 1.39. The number of rotatable bonds is 3. The number of anilines is 1. The van der Waals surface area contributed by atoms with E-state index in [2.05, 4.69) is 65.6 Å². The molecule has 1 unspecified atom stereocenters. The van der Waals surface area contributed by atoms with Crippen molar-refractivity contribution in [3.8, 4) is 0 Å². The van der Waals surface area contributed by atoms with Crippen molar-refractivity contribution in [3.63, 3.8) is 0 Å². The van der Waals surface area contributed by atoms with Gasteiger partial charge in [-0.2, -0.15) is 0 Å². The van der Waals surface area contributed by atoms with Crippen LogP contribution in [0, 0.1) is 0 Å². The molecule has 0 spiro atoms. The fourth-order valence-corrected chi connectivity index (χ4v) is 5.20. The predicted molar refractivity (Wildman–Crippen MR) is 83.5 cm³/mol. The molecule has 98 valence electrons. The average Bonchev–Trinajstić information content (AvgIpc) is 2.49. The molecule has 0 aromatic heterocycles. The van der Waals surface area contributed by atoms with E-state index in [0.29, 0.717) is 15.0 Å². The van der Waals surface area contributed by atoms with Crippen LogP contribution in [0.1, 0.15) is 12.8 Å². The molecule has 0 saturated carbocycles. The molecule has 1 fully saturated rings. The first-order valence-corrected chi connectivity index (χ1v) is 8.78. The molecular weight excluding hydrogens is 297 g/mol. The van der Waals surface area contributed by atoms with Crippen LogP contribution in [0.5, 0.6) is 0 Å². The monoisotopic (exact) mass is 317 g/mol. The van der Waals surface area contributed by atoms with Crippen LogP contribution in [0.3, 0.4) is 0 Å². The molecule has 0 amide bonds. The summed E-state index contributed by atoms with van der Waals surface area (Å²) in [7, 11) is 0. The van der Waals surface area contributed by atoms with Crippen molar-refractivity contribution in [2.75, 3.05) is 18.0 Å². The molecule has 0 aliphatic carbocycles. The normalized spacial score (nSPS) is 19.4. The SMILES string of the molecule is c1ccc([Se]C2CCCN(c3ccccc3)C2)cc1. The number of nitrogens with zero attached hydrogens (tertiary/aromatic N) is 1. The Morgan fingerprint density at radius 1 is 0.895 bits per heavy atom.